The van der Waals surface area contributed by atoms with Crippen molar-refractivity contribution in [2.75, 3.05) is 6.61 Å². The minimum absolute atomic E-state index is 0.469. The van der Waals surface area contributed by atoms with Crippen LogP contribution < -0.4 is 10.1 Å². The highest BCUT2D eigenvalue weighted by Gasteiger charge is 2.03. The van der Waals surface area contributed by atoms with Crippen molar-refractivity contribution in [3.8, 4) is 5.75 Å². The van der Waals surface area contributed by atoms with Gasteiger partial charge in [-0.05, 0) is 13.0 Å². The Hall–Kier alpha value is -1.35. The highest BCUT2D eigenvalue weighted by Crippen LogP contribution is 2.16. The number of hydrogen-bond donors (Lipinski definition) is 1. The Morgan fingerprint density at radius 3 is 3.00 bits per heavy atom. The van der Waals surface area contributed by atoms with Crippen LogP contribution in [0.5, 0.6) is 5.75 Å². The number of ether oxygens (including phenoxy) is 1. The van der Waals surface area contributed by atoms with Crippen molar-refractivity contribution < 1.29 is 4.74 Å². The van der Waals surface area contributed by atoms with E-state index in [1.54, 1.807) is 12.4 Å². The molecular weight excluding hydrogens is 200 g/mol. The smallest absolute Gasteiger partial charge is 0.142 e. The highest BCUT2D eigenvalue weighted by molar-refractivity contribution is 5.29. The lowest BCUT2D eigenvalue weighted by Gasteiger charge is -2.12. The summed E-state index contributed by atoms with van der Waals surface area (Å²) in [5.41, 5.74) is 1.15. The maximum atomic E-state index is 5.62. The normalized spacial score (nSPS) is 11.2. The first-order valence-electron chi connectivity index (χ1n) is 5.64. The molecule has 1 rings (SSSR count). The van der Waals surface area contributed by atoms with Crippen molar-refractivity contribution in [2.45, 2.75) is 33.4 Å². The maximum absolute atomic E-state index is 5.62. The zero-order valence-electron chi connectivity index (χ0n) is 10.2. The Kier molecular flexibility index (Phi) is 5.57. The Morgan fingerprint density at radius 1 is 1.50 bits per heavy atom. The highest BCUT2D eigenvalue weighted by atomic mass is 16.5. The SMILES string of the molecule is C/C=C/COc1cnccc1CNC(C)C. The second kappa shape index (κ2) is 7.01. The molecule has 1 N–H and O–H groups in total. The average molecular weight is 220 g/mol. The largest absolute Gasteiger partial charge is 0.488 e. The molecule has 0 aliphatic carbocycles. The van der Waals surface area contributed by atoms with Crippen LogP contribution in [-0.2, 0) is 6.54 Å². The van der Waals surface area contributed by atoms with Gasteiger partial charge in [0.25, 0.3) is 0 Å². The Labute approximate surface area is 97.5 Å². The van der Waals surface area contributed by atoms with Gasteiger partial charge in [-0.15, -0.1) is 0 Å². The topological polar surface area (TPSA) is 34.1 Å². The van der Waals surface area contributed by atoms with Gasteiger partial charge in [-0.1, -0.05) is 26.0 Å². The number of aromatic nitrogens is 1. The fraction of sp³-hybridized carbons (Fsp3) is 0.462. The van der Waals surface area contributed by atoms with Gasteiger partial charge in [0.2, 0.25) is 0 Å². The number of nitrogens with one attached hydrogen (secondary N) is 1. The van der Waals surface area contributed by atoms with Gasteiger partial charge >= 0.3 is 0 Å². The fourth-order valence-electron chi connectivity index (χ4n) is 1.23. The molecule has 0 spiro atoms. The van der Waals surface area contributed by atoms with Gasteiger partial charge in [0, 0.05) is 24.3 Å². The van der Waals surface area contributed by atoms with Crippen LogP contribution in [0.2, 0.25) is 0 Å². The second-order valence-electron chi connectivity index (χ2n) is 3.90. The predicted octanol–water partition coefficient (Wildman–Crippen LogP) is 2.53. The lowest BCUT2D eigenvalue weighted by molar-refractivity contribution is 0.355. The van der Waals surface area contributed by atoms with Gasteiger partial charge in [0.05, 0.1) is 6.20 Å². The summed E-state index contributed by atoms with van der Waals surface area (Å²) >= 11 is 0. The van der Waals surface area contributed by atoms with Gasteiger partial charge in [0.15, 0.2) is 0 Å². The van der Waals surface area contributed by atoms with E-state index in [2.05, 4.69) is 24.1 Å². The van der Waals surface area contributed by atoms with Crippen molar-refractivity contribution in [1.29, 1.82) is 0 Å². The molecule has 0 aliphatic heterocycles. The monoisotopic (exact) mass is 220 g/mol. The standard InChI is InChI=1S/C13H20N2O/c1-4-5-8-16-13-10-14-7-6-12(13)9-15-11(2)3/h4-7,10-11,15H,8-9H2,1-3H3/b5-4+. The summed E-state index contributed by atoms with van der Waals surface area (Å²) in [5.74, 6) is 0.855. The van der Waals surface area contributed by atoms with Crippen LogP contribution in [-0.4, -0.2) is 17.6 Å². The summed E-state index contributed by atoms with van der Waals surface area (Å²) in [4.78, 5) is 4.07. The summed E-state index contributed by atoms with van der Waals surface area (Å²) in [6.07, 6.45) is 7.51. The molecule has 1 aromatic heterocycles. The molecule has 0 bridgehead atoms. The van der Waals surface area contributed by atoms with Crippen molar-refractivity contribution in [3.05, 3.63) is 36.2 Å². The molecule has 0 amide bonds. The number of hydrogen-bond acceptors (Lipinski definition) is 3. The Balaban J connectivity index is 2.60. The van der Waals surface area contributed by atoms with Gasteiger partial charge in [-0.25, -0.2) is 0 Å². The molecule has 88 valence electrons. The fourth-order valence-corrected chi connectivity index (χ4v) is 1.23. The zero-order valence-corrected chi connectivity index (χ0v) is 10.2. The van der Waals surface area contributed by atoms with E-state index in [-0.39, 0.29) is 0 Å². The second-order valence-corrected chi connectivity index (χ2v) is 3.90. The van der Waals surface area contributed by atoms with Gasteiger partial charge in [-0.2, -0.15) is 0 Å². The van der Waals surface area contributed by atoms with E-state index in [0.29, 0.717) is 12.6 Å². The zero-order chi connectivity index (χ0) is 11.8. The Morgan fingerprint density at radius 2 is 2.31 bits per heavy atom. The van der Waals surface area contributed by atoms with E-state index < -0.39 is 0 Å². The summed E-state index contributed by atoms with van der Waals surface area (Å²) < 4.78 is 5.62. The minimum atomic E-state index is 0.469. The van der Waals surface area contributed by atoms with E-state index in [1.807, 2.05) is 25.1 Å². The molecule has 16 heavy (non-hydrogen) atoms. The lowest BCUT2D eigenvalue weighted by atomic mass is 10.2. The molecule has 0 fully saturated rings. The molecule has 0 atom stereocenters. The molecular formula is C13H20N2O. The molecule has 0 unspecified atom stereocenters. The van der Waals surface area contributed by atoms with Crippen molar-refractivity contribution in [3.63, 3.8) is 0 Å². The van der Waals surface area contributed by atoms with E-state index in [1.165, 1.54) is 0 Å². The maximum Gasteiger partial charge on any atom is 0.142 e. The van der Waals surface area contributed by atoms with E-state index in [9.17, 15) is 0 Å². The number of nitrogens with zero attached hydrogens (tertiary/aromatic N) is 1. The van der Waals surface area contributed by atoms with E-state index in [4.69, 9.17) is 4.74 Å². The molecule has 0 aliphatic rings. The quantitative estimate of drug-likeness (QED) is 0.748. The van der Waals surface area contributed by atoms with Crippen LogP contribution in [0.15, 0.2) is 30.6 Å². The van der Waals surface area contributed by atoms with Gasteiger partial charge in [0.1, 0.15) is 12.4 Å². The summed E-state index contributed by atoms with van der Waals surface area (Å²) in [7, 11) is 0. The van der Waals surface area contributed by atoms with Crippen LogP contribution in [0.4, 0.5) is 0 Å². The minimum Gasteiger partial charge on any atom is -0.488 e. The van der Waals surface area contributed by atoms with Crippen LogP contribution in [0.3, 0.4) is 0 Å². The predicted molar refractivity (Wildman–Crippen MR) is 66.5 cm³/mol. The molecule has 0 radical (unpaired) electrons. The summed E-state index contributed by atoms with van der Waals surface area (Å²) in [5, 5.41) is 3.37. The third kappa shape index (κ3) is 4.45. The van der Waals surface area contributed by atoms with Crippen LogP contribution in [0.1, 0.15) is 26.3 Å². The molecule has 1 aromatic rings. The van der Waals surface area contributed by atoms with E-state index >= 15 is 0 Å². The lowest BCUT2D eigenvalue weighted by Crippen LogP contribution is -2.22. The van der Waals surface area contributed by atoms with Gasteiger partial charge in [-0.3, -0.25) is 4.98 Å². The number of pyridine rings is 1. The van der Waals surface area contributed by atoms with Crippen LogP contribution in [0, 0.1) is 0 Å². The van der Waals surface area contributed by atoms with Gasteiger partial charge < -0.3 is 10.1 Å². The molecule has 3 nitrogen and oxygen atoms in total. The van der Waals surface area contributed by atoms with Crippen LogP contribution in [0.25, 0.3) is 0 Å². The third-order valence-electron chi connectivity index (χ3n) is 2.14. The molecule has 1 heterocycles. The molecule has 0 aromatic carbocycles. The first kappa shape index (κ1) is 12.7. The third-order valence-corrected chi connectivity index (χ3v) is 2.14. The van der Waals surface area contributed by atoms with Crippen molar-refractivity contribution >= 4 is 0 Å². The molecule has 0 saturated heterocycles. The van der Waals surface area contributed by atoms with E-state index in [0.717, 1.165) is 17.9 Å². The van der Waals surface area contributed by atoms with Crippen molar-refractivity contribution in [1.82, 2.24) is 10.3 Å². The summed E-state index contributed by atoms with van der Waals surface area (Å²) in [6.45, 7) is 7.64. The number of rotatable bonds is 6. The first-order chi connectivity index (χ1) is 7.74. The number of allylic oxidation sites excluding steroid dienone is 1. The average Bonchev–Trinajstić information content (AvgIpc) is 2.28. The first-order valence-corrected chi connectivity index (χ1v) is 5.64. The Bertz CT molecular complexity index is 334. The summed E-state index contributed by atoms with van der Waals surface area (Å²) in [6, 6.07) is 2.46. The van der Waals surface area contributed by atoms with Crippen molar-refractivity contribution in [2.24, 2.45) is 0 Å². The molecule has 0 saturated carbocycles. The molecule has 3 heteroatoms. The van der Waals surface area contributed by atoms with Crippen LogP contribution >= 0.6 is 0 Å².